The maximum atomic E-state index is 12.5. The minimum Gasteiger partial charge on any atom is -0.383 e. The molecule has 2 fully saturated rings. The van der Waals surface area contributed by atoms with Gasteiger partial charge in [0, 0.05) is 24.9 Å². The Morgan fingerprint density at radius 3 is 2.65 bits per heavy atom. The van der Waals surface area contributed by atoms with Gasteiger partial charge in [-0.3, -0.25) is 4.79 Å². The van der Waals surface area contributed by atoms with E-state index in [2.05, 4.69) is 17.1 Å². The van der Waals surface area contributed by atoms with E-state index in [1.807, 2.05) is 11.8 Å². The van der Waals surface area contributed by atoms with E-state index in [9.17, 15) is 4.79 Å². The van der Waals surface area contributed by atoms with E-state index in [0.717, 1.165) is 25.6 Å². The van der Waals surface area contributed by atoms with Crippen LogP contribution in [0.25, 0.3) is 0 Å². The van der Waals surface area contributed by atoms with E-state index < -0.39 is 0 Å². The summed E-state index contributed by atoms with van der Waals surface area (Å²) in [5, 5.41) is 4.02. The van der Waals surface area contributed by atoms with Crippen LogP contribution in [0.15, 0.2) is 0 Å². The average molecular weight is 300 g/mol. The molecule has 1 saturated heterocycles. The van der Waals surface area contributed by atoms with E-state index in [1.54, 1.807) is 7.11 Å². The first-order chi connectivity index (χ1) is 9.72. The molecule has 1 saturated carbocycles. The molecule has 1 N–H and O–H groups in total. The van der Waals surface area contributed by atoms with Gasteiger partial charge in [0.2, 0.25) is 5.91 Å². The van der Waals surface area contributed by atoms with E-state index in [1.165, 1.54) is 25.7 Å². The third kappa shape index (κ3) is 4.93. The molecule has 20 heavy (non-hydrogen) atoms. The molecule has 1 heterocycles. The van der Waals surface area contributed by atoms with Crippen molar-refractivity contribution in [3.05, 3.63) is 0 Å². The smallest absolute Gasteiger partial charge is 0.232 e. The quantitative estimate of drug-likeness (QED) is 0.741. The molecule has 2 rings (SSSR count). The highest BCUT2D eigenvalue weighted by Crippen LogP contribution is 2.35. The average Bonchev–Trinajstić information content (AvgIpc) is 3.31. The van der Waals surface area contributed by atoms with Crippen LogP contribution in [0.4, 0.5) is 0 Å². The fourth-order valence-corrected chi connectivity index (χ4v) is 3.93. The van der Waals surface area contributed by atoms with Crippen molar-refractivity contribution in [3.8, 4) is 0 Å². The van der Waals surface area contributed by atoms with Crippen LogP contribution in [0.3, 0.4) is 0 Å². The number of methoxy groups -OCH3 is 1. The van der Waals surface area contributed by atoms with Crippen LogP contribution in [-0.2, 0) is 9.53 Å². The lowest BCUT2D eigenvalue weighted by molar-refractivity contribution is -0.131. The van der Waals surface area contributed by atoms with Crippen LogP contribution in [0.2, 0.25) is 0 Å². The predicted molar refractivity (Wildman–Crippen MR) is 84.1 cm³/mol. The second-order valence-electron chi connectivity index (χ2n) is 5.92. The van der Waals surface area contributed by atoms with Crippen LogP contribution in [0.5, 0.6) is 0 Å². The SMILES string of the molecule is COCCN(C(=O)CSC1CCNCC1)C(C)C1CC1. The van der Waals surface area contributed by atoms with Crippen molar-refractivity contribution in [1.29, 1.82) is 0 Å². The van der Waals surface area contributed by atoms with E-state index in [-0.39, 0.29) is 0 Å². The molecule has 1 atom stereocenters. The molecule has 1 aliphatic heterocycles. The zero-order chi connectivity index (χ0) is 14.4. The largest absolute Gasteiger partial charge is 0.383 e. The number of piperidine rings is 1. The number of amides is 1. The number of ether oxygens (including phenoxy) is 1. The molecule has 0 spiro atoms. The Bertz CT molecular complexity index is 304. The minimum atomic E-state index is 0.296. The third-order valence-corrected chi connectivity index (χ3v) is 5.74. The lowest BCUT2D eigenvalue weighted by Crippen LogP contribution is -2.43. The van der Waals surface area contributed by atoms with Gasteiger partial charge in [-0.2, -0.15) is 0 Å². The number of rotatable bonds is 8. The van der Waals surface area contributed by atoms with Crippen molar-refractivity contribution in [2.24, 2.45) is 5.92 Å². The summed E-state index contributed by atoms with van der Waals surface area (Å²) >= 11 is 1.84. The molecule has 2 aliphatic rings. The van der Waals surface area contributed by atoms with Gasteiger partial charge in [-0.05, 0) is 51.6 Å². The van der Waals surface area contributed by atoms with Gasteiger partial charge >= 0.3 is 0 Å². The van der Waals surface area contributed by atoms with Gasteiger partial charge < -0.3 is 15.0 Å². The Labute approximate surface area is 127 Å². The second-order valence-corrected chi connectivity index (χ2v) is 7.21. The normalized spacial score (nSPS) is 21.7. The van der Waals surface area contributed by atoms with Gasteiger partial charge in [-0.15, -0.1) is 11.8 Å². The fraction of sp³-hybridized carbons (Fsp3) is 0.933. The zero-order valence-corrected chi connectivity index (χ0v) is 13.6. The maximum absolute atomic E-state index is 12.5. The van der Waals surface area contributed by atoms with E-state index in [4.69, 9.17) is 4.74 Å². The molecule has 0 aromatic rings. The van der Waals surface area contributed by atoms with Gasteiger partial charge in [0.25, 0.3) is 0 Å². The zero-order valence-electron chi connectivity index (χ0n) is 12.8. The lowest BCUT2D eigenvalue weighted by atomic mass is 10.2. The Morgan fingerprint density at radius 1 is 1.35 bits per heavy atom. The Kier molecular flexibility index (Phi) is 6.65. The molecule has 4 nitrogen and oxygen atoms in total. The highest BCUT2D eigenvalue weighted by Gasteiger charge is 2.34. The molecular weight excluding hydrogens is 272 g/mol. The van der Waals surface area contributed by atoms with Gasteiger partial charge in [-0.1, -0.05) is 0 Å². The summed E-state index contributed by atoms with van der Waals surface area (Å²) in [6, 6.07) is 0.381. The number of carbonyl (C=O) groups excluding carboxylic acids is 1. The standard InChI is InChI=1S/C15H28N2O2S/c1-12(13-3-4-13)17(9-10-19-2)15(18)11-20-14-5-7-16-8-6-14/h12-14,16H,3-11H2,1-2H3. The Hall–Kier alpha value is -0.260. The van der Waals surface area contributed by atoms with Crippen molar-refractivity contribution in [2.75, 3.05) is 39.1 Å². The van der Waals surface area contributed by atoms with Crippen molar-refractivity contribution >= 4 is 17.7 Å². The van der Waals surface area contributed by atoms with Crippen LogP contribution in [0.1, 0.15) is 32.6 Å². The molecule has 0 radical (unpaired) electrons. The molecule has 0 aromatic carbocycles. The number of nitrogens with one attached hydrogen (secondary N) is 1. The first kappa shape index (κ1) is 16.1. The fourth-order valence-electron chi connectivity index (χ4n) is 2.81. The van der Waals surface area contributed by atoms with Crippen molar-refractivity contribution < 1.29 is 9.53 Å². The number of nitrogens with zero attached hydrogens (tertiary/aromatic N) is 1. The van der Waals surface area contributed by atoms with Crippen molar-refractivity contribution in [3.63, 3.8) is 0 Å². The summed E-state index contributed by atoms with van der Waals surface area (Å²) in [5.41, 5.74) is 0. The van der Waals surface area contributed by atoms with Crippen molar-refractivity contribution in [1.82, 2.24) is 10.2 Å². The summed E-state index contributed by atoms with van der Waals surface area (Å²) in [6.45, 7) is 5.76. The molecule has 0 aromatic heterocycles. The molecule has 0 bridgehead atoms. The molecule has 1 aliphatic carbocycles. The van der Waals surface area contributed by atoms with Gasteiger partial charge in [0.05, 0.1) is 12.4 Å². The highest BCUT2D eigenvalue weighted by molar-refractivity contribution is 8.00. The number of hydrogen-bond acceptors (Lipinski definition) is 4. The lowest BCUT2D eigenvalue weighted by Gasteiger charge is -2.30. The third-order valence-electron chi connectivity index (χ3n) is 4.38. The number of thioether (sulfide) groups is 1. The topological polar surface area (TPSA) is 41.6 Å². The first-order valence-electron chi connectivity index (χ1n) is 7.83. The minimum absolute atomic E-state index is 0.296. The van der Waals surface area contributed by atoms with Crippen LogP contribution < -0.4 is 5.32 Å². The monoisotopic (exact) mass is 300 g/mol. The van der Waals surface area contributed by atoms with Crippen LogP contribution in [0, 0.1) is 5.92 Å². The summed E-state index contributed by atoms with van der Waals surface area (Å²) in [6.07, 6.45) is 4.93. The van der Waals surface area contributed by atoms with Gasteiger partial charge in [-0.25, -0.2) is 0 Å². The van der Waals surface area contributed by atoms with Crippen LogP contribution >= 0.6 is 11.8 Å². The highest BCUT2D eigenvalue weighted by atomic mass is 32.2. The predicted octanol–water partition coefficient (Wildman–Crippen LogP) is 1.75. The van der Waals surface area contributed by atoms with Crippen molar-refractivity contribution in [2.45, 2.75) is 43.9 Å². The molecule has 1 unspecified atom stereocenters. The summed E-state index contributed by atoms with van der Waals surface area (Å²) in [5.74, 6) is 1.65. The van der Waals surface area contributed by atoms with E-state index in [0.29, 0.717) is 29.6 Å². The Balaban J connectivity index is 1.78. The van der Waals surface area contributed by atoms with E-state index >= 15 is 0 Å². The summed E-state index contributed by atoms with van der Waals surface area (Å²) in [7, 11) is 1.70. The molecule has 1 amide bonds. The molecule has 116 valence electrons. The first-order valence-corrected chi connectivity index (χ1v) is 8.88. The summed E-state index contributed by atoms with van der Waals surface area (Å²) < 4.78 is 5.16. The summed E-state index contributed by atoms with van der Waals surface area (Å²) in [4.78, 5) is 14.6. The Morgan fingerprint density at radius 2 is 2.05 bits per heavy atom. The second kappa shape index (κ2) is 8.25. The molecular formula is C15H28N2O2S. The maximum Gasteiger partial charge on any atom is 0.232 e. The molecule has 5 heteroatoms. The van der Waals surface area contributed by atoms with Gasteiger partial charge in [0.1, 0.15) is 0 Å². The number of hydrogen-bond donors (Lipinski definition) is 1. The number of carbonyl (C=O) groups is 1. The van der Waals surface area contributed by atoms with Crippen LogP contribution in [-0.4, -0.2) is 61.2 Å². The van der Waals surface area contributed by atoms with Gasteiger partial charge in [0.15, 0.2) is 0 Å².